The highest BCUT2D eigenvalue weighted by Gasteiger charge is 2.45. The third-order valence-corrected chi connectivity index (χ3v) is 7.15. The van der Waals surface area contributed by atoms with Crippen molar-refractivity contribution in [1.29, 1.82) is 0 Å². The number of anilines is 1. The number of carbonyl (C=O) groups is 1. The largest absolute Gasteiger partial charge is 0.323 e. The van der Waals surface area contributed by atoms with Crippen LogP contribution in [-0.2, 0) is 23.2 Å². The number of amides is 1. The molecule has 0 spiro atoms. The molecular formula is C24H24BrFN4O. The monoisotopic (exact) mass is 482 g/mol. The lowest BCUT2D eigenvalue weighted by molar-refractivity contribution is -0.124. The first-order chi connectivity index (χ1) is 15.1. The zero-order valence-corrected chi connectivity index (χ0v) is 18.8. The average molecular weight is 483 g/mol. The van der Waals surface area contributed by atoms with Crippen LogP contribution >= 0.6 is 15.9 Å². The van der Waals surface area contributed by atoms with Gasteiger partial charge < -0.3 is 9.88 Å². The molecule has 2 heterocycles. The Hall–Kier alpha value is -2.54. The summed E-state index contributed by atoms with van der Waals surface area (Å²) in [7, 11) is 0. The summed E-state index contributed by atoms with van der Waals surface area (Å²) in [5.41, 5.74) is 1.33. The molecular weight excluding hydrogens is 459 g/mol. The summed E-state index contributed by atoms with van der Waals surface area (Å²) in [4.78, 5) is 13.3. The van der Waals surface area contributed by atoms with Gasteiger partial charge in [0, 0.05) is 23.0 Å². The molecule has 160 valence electrons. The van der Waals surface area contributed by atoms with Crippen molar-refractivity contribution in [2.75, 3.05) is 5.32 Å². The van der Waals surface area contributed by atoms with Crippen molar-refractivity contribution < 1.29 is 9.18 Å². The van der Waals surface area contributed by atoms with Crippen molar-refractivity contribution in [3.8, 4) is 11.4 Å². The van der Waals surface area contributed by atoms with E-state index in [0.29, 0.717) is 0 Å². The molecule has 0 unspecified atom stereocenters. The molecule has 2 aliphatic rings. The van der Waals surface area contributed by atoms with Crippen LogP contribution in [-0.4, -0.2) is 20.7 Å². The molecule has 5 nitrogen and oxygen atoms in total. The summed E-state index contributed by atoms with van der Waals surface area (Å²) >= 11 is 3.45. The summed E-state index contributed by atoms with van der Waals surface area (Å²) in [6.07, 6.45) is 6.79. The van der Waals surface area contributed by atoms with Crippen LogP contribution in [0.2, 0.25) is 0 Å². The highest BCUT2D eigenvalue weighted by molar-refractivity contribution is 9.10. The van der Waals surface area contributed by atoms with Gasteiger partial charge >= 0.3 is 0 Å². The summed E-state index contributed by atoms with van der Waals surface area (Å²) < 4.78 is 17.8. The van der Waals surface area contributed by atoms with Gasteiger partial charge in [0.15, 0.2) is 5.82 Å². The molecule has 5 rings (SSSR count). The number of benzene rings is 2. The Bertz CT molecular complexity index is 1120. The minimum atomic E-state index is -0.602. The van der Waals surface area contributed by atoms with Gasteiger partial charge in [-0.3, -0.25) is 4.79 Å². The number of aryl methyl sites for hydroxylation is 1. The van der Waals surface area contributed by atoms with E-state index in [1.54, 1.807) is 12.1 Å². The fourth-order valence-electron chi connectivity index (χ4n) is 4.65. The Labute approximate surface area is 189 Å². The lowest BCUT2D eigenvalue weighted by Crippen LogP contribution is -2.46. The van der Waals surface area contributed by atoms with Crippen LogP contribution in [0.15, 0.2) is 46.9 Å². The molecule has 1 aromatic heterocycles. The molecule has 31 heavy (non-hydrogen) atoms. The molecule has 2 aromatic carbocycles. The van der Waals surface area contributed by atoms with Crippen LogP contribution in [0, 0.1) is 5.82 Å². The Morgan fingerprint density at radius 2 is 1.84 bits per heavy atom. The van der Waals surface area contributed by atoms with Crippen LogP contribution in [0.5, 0.6) is 0 Å². The summed E-state index contributed by atoms with van der Waals surface area (Å²) in [6.45, 7) is 0.864. The highest BCUT2D eigenvalue weighted by Crippen LogP contribution is 2.45. The number of hydrogen-bond acceptors (Lipinski definition) is 3. The maximum absolute atomic E-state index is 14.7. The van der Waals surface area contributed by atoms with Gasteiger partial charge in [0.1, 0.15) is 11.6 Å². The quantitative estimate of drug-likeness (QED) is 0.523. The smallest absolute Gasteiger partial charge is 0.235 e. The van der Waals surface area contributed by atoms with Gasteiger partial charge in [-0.15, -0.1) is 10.2 Å². The Kier molecular flexibility index (Phi) is 5.38. The minimum Gasteiger partial charge on any atom is -0.323 e. The third-order valence-electron chi connectivity index (χ3n) is 6.62. The first-order valence-corrected chi connectivity index (χ1v) is 11.7. The zero-order valence-electron chi connectivity index (χ0n) is 17.2. The second-order valence-corrected chi connectivity index (χ2v) is 9.41. The lowest BCUT2D eigenvalue weighted by atomic mass is 9.64. The van der Waals surface area contributed by atoms with E-state index in [-0.39, 0.29) is 11.6 Å². The van der Waals surface area contributed by atoms with Crippen LogP contribution < -0.4 is 5.32 Å². The molecule has 1 N–H and O–H groups in total. The number of fused-ring (bicyclic) bond motifs is 1. The first-order valence-electron chi connectivity index (χ1n) is 10.9. The maximum atomic E-state index is 14.7. The van der Waals surface area contributed by atoms with E-state index in [4.69, 9.17) is 0 Å². The Morgan fingerprint density at radius 1 is 1.03 bits per heavy atom. The van der Waals surface area contributed by atoms with E-state index in [0.717, 1.165) is 72.3 Å². The fourth-order valence-corrected chi connectivity index (χ4v) is 4.91. The molecule has 3 aromatic rings. The van der Waals surface area contributed by atoms with Crippen molar-refractivity contribution in [2.24, 2.45) is 0 Å². The molecule has 1 saturated carbocycles. The highest BCUT2D eigenvalue weighted by atomic mass is 79.9. The van der Waals surface area contributed by atoms with E-state index >= 15 is 0 Å². The topological polar surface area (TPSA) is 59.8 Å². The molecule has 1 amide bonds. The SMILES string of the molecule is O=C(Nc1cc(-c2nnc3n2CCCCC3)ccc1F)C1(c2ccc(Br)cc2)CCC1. The lowest BCUT2D eigenvalue weighted by Gasteiger charge is -2.40. The molecule has 1 fully saturated rings. The number of rotatable bonds is 4. The standard InChI is InChI=1S/C24H24BrFN4O/c25-18-9-7-17(8-10-18)24(12-4-13-24)23(31)27-20-15-16(6-11-19(20)26)22-29-28-21-5-2-1-3-14-30(21)22/h6-11,15H,1-5,12-14H2,(H,27,31). The number of halogens is 2. The average Bonchev–Trinajstić information content (AvgIpc) is 2.98. The molecule has 0 bridgehead atoms. The molecule has 7 heteroatoms. The van der Waals surface area contributed by atoms with Crippen LogP contribution in [0.25, 0.3) is 11.4 Å². The molecule has 0 atom stereocenters. The fraction of sp³-hybridized carbons (Fsp3) is 0.375. The summed E-state index contributed by atoms with van der Waals surface area (Å²) in [5.74, 6) is 1.11. The summed E-state index contributed by atoms with van der Waals surface area (Å²) in [5, 5.41) is 11.6. The number of carbonyl (C=O) groups excluding carboxylic acids is 1. The molecule has 1 aliphatic carbocycles. The molecule has 0 radical (unpaired) electrons. The van der Waals surface area contributed by atoms with Crippen LogP contribution in [0.1, 0.15) is 49.9 Å². The Balaban J connectivity index is 1.44. The van der Waals surface area contributed by atoms with Gasteiger partial charge in [-0.25, -0.2) is 4.39 Å². The molecule has 1 aliphatic heterocycles. The van der Waals surface area contributed by atoms with Crippen LogP contribution in [0.4, 0.5) is 10.1 Å². The van der Waals surface area contributed by atoms with E-state index < -0.39 is 11.2 Å². The first kappa shape index (κ1) is 20.4. The predicted molar refractivity (Wildman–Crippen MR) is 121 cm³/mol. The minimum absolute atomic E-state index is 0.155. The predicted octanol–water partition coefficient (Wildman–Crippen LogP) is 5.63. The van der Waals surface area contributed by atoms with E-state index in [2.05, 4.69) is 36.0 Å². The molecule has 0 saturated heterocycles. The van der Waals surface area contributed by atoms with Crippen molar-refractivity contribution in [1.82, 2.24) is 14.8 Å². The van der Waals surface area contributed by atoms with E-state index in [1.165, 1.54) is 12.5 Å². The van der Waals surface area contributed by atoms with Crippen molar-refractivity contribution >= 4 is 27.5 Å². The van der Waals surface area contributed by atoms with Crippen molar-refractivity contribution in [3.63, 3.8) is 0 Å². The normalized spacial score (nSPS) is 17.4. The third kappa shape index (κ3) is 3.69. The van der Waals surface area contributed by atoms with Gasteiger partial charge in [-0.2, -0.15) is 0 Å². The van der Waals surface area contributed by atoms with Gasteiger partial charge in [-0.05, 0) is 61.6 Å². The van der Waals surface area contributed by atoms with Gasteiger partial charge in [0.25, 0.3) is 0 Å². The van der Waals surface area contributed by atoms with Crippen molar-refractivity contribution in [2.45, 2.75) is 56.9 Å². The van der Waals surface area contributed by atoms with E-state index in [1.807, 2.05) is 24.3 Å². The van der Waals surface area contributed by atoms with Crippen LogP contribution in [0.3, 0.4) is 0 Å². The second kappa shape index (κ2) is 8.19. The number of nitrogens with zero attached hydrogens (tertiary/aromatic N) is 3. The number of aromatic nitrogens is 3. The maximum Gasteiger partial charge on any atom is 0.235 e. The zero-order chi connectivity index (χ0) is 21.4. The van der Waals surface area contributed by atoms with Gasteiger partial charge in [-0.1, -0.05) is 40.9 Å². The Morgan fingerprint density at radius 3 is 2.58 bits per heavy atom. The number of hydrogen-bond donors (Lipinski definition) is 1. The van der Waals surface area contributed by atoms with Gasteiger partial charge in [0.2, 0.25) is 5.91 Å². The van der Waals surface area contributed by atoms with E-state index in [9.17, 15) is 9.18 Å². The summed E-state index contributed by atoms with van der Waals surface area (Å²) in [6, 6.07) is 12.6. The number of nitrogens with one attached hydrogen (secondary N) is 1. The second-order valence-electron chi connectivity index (χ2n) is 8.49. The van der Waals surface area contributed by atoms with Gasteiger partial charge in [0.05, 0.1) is 11.1 Å². The van der Waals surface area contributed by atoms with Crippen molar-refractivity contribution in [3.05, 3.63) is 64.1 Å².